The summed E-state index contributed by atoms with van der Waals surface area (Å²) in [6.45, 7) is 1.17. The van der Waals surface area contributed by atoms with Gasteiger partial charge in [0.25, 0.3) is 0 Å². The number of halogens is 6. The van der Waals surface area contributed by atoms with Gasteiger partial charge in [0.1, 0.15) is 5.54 Å². The molecule has 3 amide bonds. The Hall–Kier alpha value is -2.43. The second kappa shape index (κ2) is 8.13. The van der Waals surface area contributed by atoms with Crippen LogP contribution in [0.25, 0.3) is 0 Å². The number of likely N-dealkylation sites (tertiary alicyclic amines) is 1. The molecule has 2 N–H and O–H groups in total. The average Bonchev–Trinajstić information content (AvgIpc) is 3.07. The van der Waals surface area contributed by atoms with E-state index in [0.29, 0.717) is 13.8 Å². The first-order valence-corrected chi connectivity index (χ1v) is 8.74. The summed E-state index contributed by atoms with van der Waals surface area (Å²) in [7, 11) is 0. The summed E-state index contributed by atoms with van der Waals surface area (Å²) in [6.07, 6.45) is -4.63. The maximum absolute atomic E-state index is 13.4. The fourth-order valence-corrected chi connectivity index (χ4v) is 2.79. The van der Waals surface area contributed by atoms with Gasteiger partial charge in [0, 0.05) is 24.8 Å². The number of alkyl halides is 3. The zero-order valence-corrected chi connectivity index (χ0v) is 16.0. The first-order valence-electron chi connectivity index (χ1n) is 8.36. The van der Waals surface area contributed by atoms with Gasteiger partial charge in [-0.1, -0.05) is 11.6 Å². The van der Waals surface area contributed by atoms with E-state index in [9.17, 15) is 36.3 Å². The van der Waals surface area contributed by atoms with Crippen LogP contribution in [0.1, 0.15) is 20.3 Å². The van der Waals surface area contributed by atoms with E-state index in [-0.39, 0.29) is 25.2 Å². The molecule has 0 aliphatic carbocycles. The molecular weight excluding hydrogens is 425 g/mol. The van der Waals surface area contributed by atoms with Gasteiger partial charge in [-0.2, -0.15) is 13.2 Å². The molecule has 0 saturated carbocycles. The molecule has 0 unspecified atom stereocenters. The summed E-state index contributed by atoms with van der Waals surface area (Å²) in [5, 5.41) is 3.41. The third-order valence-corrected chi connectivity index (χ3v) is 4.70. The van der Waals surface area contributed by atoms with Crippen molar-refractivity contribution in [1.29, 1.82) is 0 Å². The number of hydrogen-bond donors (Lipinski definition) is 2. The number of amides is 3. The van der Waals surface area contributed by atoms with Crippen LogP contribution in [0.15, 0.2) is 12.1 Å². The minimum Gasteiger partial charge on any atom is -0.334 e. The maximum atomic E-state index is 13.4. The Morgan fingerprint density at radius 2 is 1.79 bits per heavy atom. The average molecular weight is 442 g/mol. The maximum Gasteiger partial charge on any atom is 0.410 e. The molecule has 29 heavy (non-hydrogen) atoms. The van der Waals surface area contributed by atoms with E-state index in [1.54, 1.807) is 5.32 Å². The Balaban J connectivity index is 1.98. The summed E-state index contributed by atoms with van der Waals surface area (Å²) in [6, 6.07) is 1.73. The minimum atomic E-state index is -4.76. The summed E-state index contributed by atoms with van der Waals surface area (Å²) in [5.41, 5.74) is -2.71. The molecule has 0 bridgehead atoms. The summed E-state index contributed by atoms with van der Waals surface area (Å²) < 4.78 is 65.1. The van der Waals surface area contributed by atoms with Gasteiger partial charge in [0.2, 0.25) is 5.91 Å². The largest absolute Gasteiger partial charge is 0.410 e. The van der Waals surface area contributed by atoms with Crippen LogP contribution in [0.3, 0.4) is 0 Å². The van der Waals surface area contributed by atoms with Crippen molar-refractivity contribution in [3.05, 3.63) is 28.8 Å². The van der Waals surface area contributed by atoms with E-state index in [0.717, 1.165) is 17.0 Å². The molecule has 1 fully saturated rings. The molecule has 1 aliphatic heterocycles. The summed E-state index contributed by atoms with van der Waals surface area (Å²) in [4.78, 5) is 37.2. The van der Waals surface area contributed by atoms with E-state index in [1.165, 1.54) is 0 Å². The van der Waals surface area contributed by atoms with Crippen molar-refractivity contribution in [2.24, 2.45) is 5.92 Å². The predicted octanol–water partition coefficient (Wildman–Crippen LogP) is 2.86. The van der Waals surface area contributed by atoms with E-state index >= 15 is 0 Å². The number of hydrogen-bond acceptors (Lipinski definition) is 3. The quantitative estimate of drug-likeness (QED) is 0.430. The molecule has 0 radical (unpaired) electrons. The van der Waals surface area contributed by atoms with Crippen LogP contribution >= 0.6 is 11.6 Å². The van der Waals surface area contributed by atoms with Gasteiger partial charge in [-0.25, -0.2) is 8.78 Å². The molecule has 1 aromatic carbocycles. The third-order valence-electron chi connectivity index (χ3n) is 4.43. The monoisotopic (exact) mass is 441 g/mol. The van der Waals surface area contributed by atoms with E-state index < -0.39 is 52.0 Å². The van der Waals surface area contributed by atoms with Crippen LogP contribution in [0.5, 0.6) is 0 Å². The second-order valence-electron chi connectivity index (χ2n) is 7.06. The van der Waals surface area contributed by atoms with Crippen LogP contribution in [0.4, 0.5) is 27.6 Å². The standard InChI is InChI=1S/C17H17ClF5N3O3/c1-16(2,17(21,22)23)25-14(28)15(29)26-4-3-8(7-26)13(27)24-9-5-10(18)12(20)11(19)6-9/h5-6,8H,3-4,7H2,1-2H3,(H,24,27)(H,25,28)/t8-/m0/s1. The predicted molar refractivity (Wildman–Crippen MR) is 93.0 cm³/mol. The van der Waals surface area contributed by atoms with Gasteiger partial charge >= 0.3 is 18.0 Å². The highest BCUT2D eigenvalue weighted by molar-refractivity contribution is 6.35. The van der Waals surface area contributed by atoms with Crippen LogP contribution in [0.2, 0.25) is 5.02 Å². The lowest BCUT2D eigenvalue weighted by atomic mass is 10.1. The van der Waals surface area contributed by atoms with E-state index in [4.69, 9.17) is 11.6 Å². The fourth-order valence-electron chi connectivity index (χ4n) is 2.58. The van der Waals surface area contributed by atoms with E-state index in [2.05, 4.69) is 5.32 Å². The van der Waals surface area contributed by atoms with Crippen molar-refractivity contribution >= 4 is 35.0 Å². The topological polar surface area (TPSA) is 78.5 Å². The molecule has 1 aromatic rings. The molecule has 1 heterocycles. The lowest BCUT2D eigenvalue weighted by molar-refractivity contribution is -0.189. The molecule has 12 heteroatoms. The number of anilines is 1. The molecule has 1 saturated heterocycles. The highest BCUT2D eigenvalue weighted by atomic mass is 35.5. The number of rotatable bonds is 3. The van der Waals surface area contributed by atoms with Gasteiger partial charge in [-0.05, 0) is 26.3 Å². The molecule has 160 valence electrons. The van der Waals surface area contributed by atoms with Gasteiger partial charge < -0.3 is 15.5 Å². The van der Waals surface area contributed by atoms with E-state index in [1.807, 2.05) is 0 Å². The highest BCUT2D eigenvalue weighted by Gasteiger charge is 2.49. The Kier molecular flexibility index (Phi) is 6.41. The fraction of sp³-hybridized carbons (Fsp3) is 0.471. The number of carbonyl (C=O) groups is 3. The Morgan fingerprint density at radius 3 is 2.34 bits per heavy atom. The Labute approximate surface area is 167 Å². The molecule has 0 spiro atoms. The van der Waals surface area contributed by atoms with Crippen molar-refractivity contribution in [3.63, 3.8) is 0 Å². The van der Waals surface area contributed by atoms with Gasteiger partial charge in [0.05, 0.1) is 10.9 Å². The molecular formula is C17H17ClF5N3O3. The lowest BCUT2D eigenvalue weighted by Gasteiger charge is -2.29. The van der Waals surface area contributed by atoms with Gasteiger partial charge in [-0.3, -0.25) is 14.4 Å². The minimum absolute atomic E-state index is 0.0324. The van der Waals surface area contributed by atoms with Crippen molar-refractivity contribution in [2.45, 2.75) is 32.0 Å². The zero-order chi connectivity index (χ0) is 22.1. The van der Waals surface area contributed by atoms with Crippen LogP contribution in [-0.4, -0.2) is 47.4 Å². The van der Waals surface area contributed by atoms with Gasteiger partial charge in [-0.15, -0.1) is 0 Å². The van der Waals surface area contributed by atoms with Crippen molar-refractivity contribution < 1.29 is 36.3 Å². The van der Waals surface area contributed by atoms with Crippen LogP contribution in [-0.2, 0) is 14.4 Å². The number of benzene rings is 1. The first kappa shape index (κ1) is 22.9. The van der Waals surface area contributed by atoms with Crippen molar-refractivity contribution in [2.75, 3.05) is 18.4 Å². The molecule has 0 aromatic heterocycles. The molecule has 1 aliphatic rings. The summed E-state index contributed by atoms with van der Waals surface area (Å²) >= 11 is 5.50. The van der Waals surface area contributed by atoms with Crippen molar-refractivity contribution in [3.8, 4) is 0 Å². The second-order valence-corrected chi connectivity index (χ2v) is 7.46. The SMILES string of the molecule is CC(C)(NC(=O)C(=O)N1CC[C@H](C(=O)Nc2cc(F)c(F)c(Cl)c2)C1)C(F)(F)F. The number of nitrogens with one attached hydrogen (secondary N) is 2. The number of nitrogens with zero attached hydrogens (tertiary/aromatic N) is 1. The summed E-state index contributed by atoms with van der Waals surface area (Å²) in [5.74, 6) is -6.61. The van der Waals surface area contributed by atoms with Crippen LogP contribution < -0.4 is 10.6 Å². The van der Waals surface area contributed by atoms with Crippen molar-refractivity contribution in [1.82, 2.24) is 10.2 Å². The lowest BCUT2D eigenvalue weighted by Crippen LogP contribution is -2.57. The normalized spacial score (nSPS) is 17.2. The smallest absolute Gasteiger partial charge is 0.334 e. The highest BCUT2D eigenvalue weighted by Crippen LogP contribution is 2.29. The molecule has 1 atom stereocenters. The first-order chi connectivity index (χ1) is 13.2. The molecule has 2 rings (SSSR count). The van der Waals surface area contributed by atoms with Crippen LogP contribution in [0, 0.1) is 17.6 Å². The van der Waals surface area contributed by atoms with Gasteiger partial charge in [0.15, 0.2) is 11.6 Å². The third kappa shape index (κ3) is 5.14. The Morgan fingerprint density at radius 1 is 1.17 bits per heavy atom. The molecule has 6 nitrogen and oxygen atoms in total. The zero-order valence-electron chi connectivity index (χ0n) is 15.3. The Bertz CT molecular complexity index is 821. The number of carbonyl (C=O) groups excluding carboxylic acids is 3.